The summed E-state index contributed by atoms with van der Waals surface area (Å²) in [5.41, 5.74) is 0. The van der Waals surface area contributed by atoms with Gasteiger partial charge in [0.2, 0.25) is 0 Å². The molecule has 0 saturated carbocycles. The minimum absolute atomic E-state index is 0.0341. The molecule has 3 unspecified atom stereocenters. The summed E-state index contributed by atoms with van der Waals surface area (Å²) in [6.45, 7) is -0.356. The van der Waals surface area contributed by atoms with Crippen LogP contribution in [-0.2, 0) is 4.74 Å². The molecule has 1 fully saturated rings. The molecule has 66 valence electrons. The quantitative estimate of drug-likeness (QED) is 0.353. The van der Waals surface area contributed by atoms with Crippen LogP contribution < -0.4 is 0 Å². The van der Waals surface area contributed by atoms with E-state index in [1.165, 1.54) is 0 Å². The lowest BCUT2D eigenvalue weighted by Crippen LogP contribution is -2.48. The standard InChI is InChI=1S/C6H12O5/c7-2-5-3(8)1-4(9)6(10)11-5/h3-10H,1-2H2/t3?,4?,5?,6-/m1/s1. The van der Waals surface area contributed by atoms with Crippen molar-refractivity contribution in [1.29, 1.82) is 0 Å². The van der Waals surface area contributed by atoms with E-state index in [0.717, 1.165) is 0 Å². The first-order chi connectivity index (χ1) is 5.15. The number of ether oxygens (including phenoxy) is 1. The maximum Gasteiger partial charge on any atom is 0.181 e. The third-order valence-electron chi connectivity index (χ3n) is 1.74. The first-order valence-corrected chi connectivity index (χ1v) is 3.45. The topological polar surface area (TPSA) is 90.2 Å². The number of hydrogen-bond acceptors (Lipinski definition) is 5. The summed E-state index contributed by atoms with van der Waals surface area (Å²) in [7, 11) is 0. The molecule has 0 bridgehead atoms. The van der Waals surface area contributed by atoms with E-state index < -0.39 is 24.6 Å². The van der Waals surface area contributed by atoms with E-state index in [-0.39, 0.29) is 13.0 Å². The third-order valence-corrected chi connectivity index (χ3v) is 1.74. The van der Waals surface area contributed by atoms with Gasteiger partial charge in [0.1, 0.15) is 12.2 Å². The van der Waals surface area contributed by atoms with Crippen molar-refractivity contribution in [2.45, 2.75) is 31.0 Å². The van der Waals surface area contributed by atoms with Crippen molar-refractivity contribution in [3.05, 3.63) is 0 Å². The minimum Gasteiger partial charge on any atom is -0.394 e. The smallest absolute Gasteiger partial charge is 0.181 e. The van der Waals surface area contributed by atoms with Gasteiger partial charge in [0.25, 0.3) is 0 Å². The Labute approximate surface area is 63.8 Å². The molecule has 1 aliphatic heterocycles. The highest BCUT2D eigenvalue weighted by atomic mass is 16.6. The maximum atomic E-state index is 9.10. The van der Waals surface area contributed by atoms with Gasteiger partial charge in [-0.25, -0.2) is 0 Å². The second-order valence-corrected chi connectivity index (χ2v) is 2.62. The molecular formula is C6H12O5. The molecule has 0 radical (unpaired) electrons. The predicted octanol–water partition coefficient (Wildman–Crippen LogP) is -2.19. The Balaban J connectivity index is 2.48. The second-order valence-electron chi connectivity index (χ2n) is 2.62. The Morgan fingerprint density at radius 2 is 1.82 bits per heavy atom. The second kappa shape index (κ2) is 3.46. The van der Waals surface area contributed by atoms with Crippen molar-refractivity contribution < 1.29 is 25.2 Å². The molecule has 1 aliphatic rings. The van der Waals surface area contributed by atoms with Crippen molar-refractivity contribution in [2.75, 3.05) is 6.61 Å². The third kappa shape index (κ3) is 1.88. The number of rotatable bonds is 1. The molecular weight excluding hydrogens is 152 g/mol. The molecule has 4 N–H and O–H groups in total. The summed E-state index contributed by atoms with van der Waals surface area (Å²) in [4.78, 5) is 0. The van der Waals surface area contributed by atoms with Gasteiger partial charge in [-0.1, -0.05) is 0 Å². The summed E-state index contributed by atoms with van der Waals surface area (Å²) in [6, 6.07) is 0. The molecule has 1 saturated heterocycles. The maximum absolute atomic E-state index is 9.10. The van der Waals surface area contributed by atoms with Crippen molar-refractivity contribution >= 4 is 0 Å². The lowest BCUT2D eigenvalue weighted by molar-refractivity contribution is -0.251. The van der Waals surface area contributed by atoms with E-state index in [2.05, 4.69) is 4.74 Å². The molecule has 4 atom stereocenters. The van der Waals surface area contributed by atoms with Gasteiger partial charge in [-0.3, -0.25) is 0 Å². The molecule has 0 aromatic heterocycles. The van der Waals surface area contributed by atoms with Crippen LogP contribution >= 0.6 is 0 Å². The zero-order chi connectivity index (χ0) is 8.43. The van der Waals surface area contributed by atoms with E-state index in [1.807, 2.05) is 0 Å². The number of hydrogen-bond donors (Lipinski definition) is 4. The van der Waals surface area contributed by atoms with Crippen LogP contribution in [0.2, 0.25) is 0 Å². The Kier molecular flexibility index (Phi) is 2.80. The zero-order valence-electron chi connectivity index (χ0n) is 5.92. The first-order valence-electron chi connectivity index (χ1n) is 3.45. The van der Waals surface area contributed by atoms with Crippen LogP contribution in [0.5, 0.6) is 0 Å². The molecule has 0 spiro atoms. The number of aliphatic hydroxyl groups is 4. The lowest BCUT2D eigenvalue weighted by atomic mass is 10.0. The predicted molar refractivity (Wildman–Crippen MR) is 34.6 cm³/mol. The summed E-state index contributed by atoms with van der Waals surface area (Å²) in [6.07, 6.45) is -4.01. The van der Waals surface area contributed by atoms with E-state index in [0.29, 0.717) is 0 Å². The highest BCUT2D eigenvalue weighted by Crippen LogP contribution is 2.18. The average Bonchev–Trinajstić information content (AvgIpc) is 1.97. The van der Waals surface area contributed by atoms with Crippen molar-refractivity contribution in [2.24, 2.45) is 0 Å². The summed E-state index contributed by atoms with van der Waals surface area (Å²) in [5.74, 6) is 0. The van der Waals surface area contributed by atoms with E-state index in [9.17, 15) is 0 Å². The molecule has 5 nitrogen and oxygen atoms in total. The van der Waals surface area contributed by atoms with Crippen LogP contribution in [0, 0.1) is 0 Å². The fourth-order valence-corrected chi connectivity index (χ4v) is 1.04. The Bertz CT molecular complexity index is 128. The van der Waals surface area contributed by atoms with Gasteiger partial charge >= 0.3 is 0 Å². The molecule has 1 heterocycles. The zero-order valence-corrected chi connectivity index (χ0v) is 5.92. The van der Waals surface area contributed by atoms with Crippen LogP contribution in [0.1, 0.15) is 6.42 Å². The van der Waals surface area contributed by atoms with Crippen molar-refractivity contribution in [1.82, 2.24) is 0 Å². The Morgan fingerprint density at radius 3 is 2.36 bits per heavy atom. The normalized spacial score (nSPS) is 45.8. The fourth-order valence-electron chi connectivity index (χ4n) is 1.04. The fraction of sp³-hybridized carbons (Fsp3) is 1.00. The average molecular weight is 164 g/mol. The van der Waals surface area contributed by atoms with E-state index in [1.54, 1.807) is 0 Å². The monoisotopic (exact) mass is 164 g/mol. The van der Waals surface area contributed by atoms with Crippen LogP contribution in [0.25, 0.3) is 0 Å². The van der Waals surface area contributed by atoms with Crippen molar-refractivity contribution in [3.63, 3.8) is 0 Å². The minimum atomic E-state index is -1.30. The van der Waals surface area contributed by atoms with Gasteiger partial charge in [-0.15, -0.1) is 0 Å². The Morgan fingerprint density at radius 1 is 1.18 bits per heavy atom. The molecule has 11 heavy (non-hydrogen) atoms. The SMILES string of the molecule is OCC1O[C@@H](O)C(O)CC1O. The first kappa shape index (κ1) is 8.89. The van der Waals surface area contributed by atoms with Crippen LogP contribution in [0.4, 0.5) is 0 Å². The van der Waals surface area contributed by atoms with Crippen LogP contribution in [0.15, 0.2) is 0 Å². The highest BCUT2D eigenvalue weighted by molar-refractivity contribution is 4.79. The van der Waals surface area contributed by atoms with Gasteiger partial charge in [-0.2, -0.15) is 0 Å². The summed E-state index contributed by atoms with van der Waals surface area (Å²) >= 11 is 0. The van der Waals surface area contributed by atoms with Gasteiger partial charge in [0.15, 0.2) is 6.29 Å². The highest BCUT2D eigenvalue weighted by Gasteiger charge is 2.34. The largest absolute Gasteiger partial charge is 0.394 e. The van der Waals surface area contributed by atoms with E-state index in [4.69, 9.17) is 20.4 Å². The molecule has 0 amide bonds. The van der Waals surface area contributed by atoms with Gasteiger partial charge in [0.05, 0.1) is 12.7 Å². The molecule has 1 rings (SSSR count). The molecule has 0 aromatic carbocycles. The molecule has 0 aromatic rings. The van der Waals surface area contributed by atoms with Crippen LogP contribution in [-0.4, -0.2) is 51.6 Å². The lowest BCUT2D eigenvalue weighted by Gasteiger charge is -2.33. The molecule has 0 aliphatic carbocycles. The molecule has 5 heteroatoms. The van der Waals surface area contributed by atoms with Gasteiger partial charge in [-0.05, 0) is 0 Å². The summed E-state index contributed by atoms with van der Waals surface area (Å²) < 4.78 is 4.67. The van der Waals surface area contributed by atoms with Gasteiger partial charge in [0, 0.05) is 6.42 Å². The van der Waals surface area contributed by atoms with E-state index >= 15 is 0 Å². The Hall–Kier alpha value is -0.200. The summed E-state index contributed by atoms with van der Waals surface area (Å²) in [5, 5.41) is 35.5. The van der Waals surface area contributed by atoms with Gasteiger partial charge < -0.3 is 25.2 Å². The van der Waals surface area contributed by atoms with Crippen molar-refractivity contribution in [3.8, 4) is 0 Å². The van der Waals surface area contributed by atoms with Crippen LogP contribution in [0.3, 0.4) is 0 Å². The number of aliphatic hydroxyl groups excluding tert-OH is 4.